The second kappa shape index (κ2) is 8.29. The van der Waals surface area contributed by atoms with Crippen molar-refractivity contribution in [3.8, 4) is 17.2 Å². The first-order valence-corrected chi connectivity index (χ1v) is 7.32. The van der Waals surface area contributed by atoms with Crippen LogP contribution >= 0.6 is 0 Å². The number of rotatable bonds is 8. The smallest absolute Gasteiger partial charge is 0.123 e. The number of para-hydroxylation sites is 1. The van der Waals surface area contributed by atoms with E-state index in [1.165, 1.54) is 0 Å². The first kappa shape index (κ1) is 16.2. The van der Waals surface area contributed by atoms with E-state index in [0.29, 0.717) is 0 Å². The van der Waals surface area contributed by atoms with Crippen molar-refractivity contribution in [2.75, 3.05) is 27.9 Å². The van der Waals surface area contributed by atoms with E-state index in [4.69, 9.17) is 14.2 Å². The van der Waals surface area contributed by atoms with Crippen LogP contribution < -0.4 is 19.5 Å². The van der Waals surface area contributed by atoms with E-state index < -0.39 is 0 Å². The van der Waals surface area contributed by atoms with Crippen LogP contribution in [0.1, 0.15) is 11.1 Å². The molecule has 1 N–H and O–H groups in total. The summed E-state index contributed by atoms with van der Waals surface area (Å²) in [5.74, 6) is 2.65. The Morgan fingerprint density at radius 1 is 0.818 bits per heavy atom. The number of nitrogens with one attached hydrogen (secondary N) is 1. The van der Waals surface area contributed by atoms with Crippen LogP contribution in [0.5, 0.6) is 17.2 Å². The summed E-state index contributed by atoms with van der Waals surface area (Å²) in [6, 6.07) is 13.9. The second-order valence-electron chi connectivity index (χ2n) is 4.92. The first-order chi connectivity index (χ1) is 10.8. The van der Waals surface area contributed by atoms with Gasteiger partial charge in [0, 0.05) is 12.1 Å². The number of ether oxygens (including phenoxy) is 3. The molecule has 0 atom stereocenters. The van der Waals surface area contributed by atoms with E-state index in [2.05, 4.69) is 11.4 Å². The van der Waals surface area contributed by atoms with E-state index >= 15 is 0 Å². The highest BCUT2D eigenvalue weighted by molar-refractivity contribution is 5.40. The highest BCUT2D eigenvalue weighted by Crippen LogP contribution is 2.24. The summed E-state index contributed by atoms with van der Waals surface area (Å²) < 4.78 is 16.0. The van der Waals surface area contributed by atoms with Crippen LogP contribution in [0, 0.1) is 0 Å². The van der Waals surface area contributed by atoms with E-state index in [9.17, 15) is 0 Å². The molecule has 2 aromatic carbocycles. The van der Waals surface area contributed by atoms with Gasteiger partial charge in [0.1, 0.15) is 17.2 Å². The van der Waals surface area contributed by atoms with Gasteiger partial charge in [-0.1, -0.05) is 18.2 Å². The van der Waals surface area contributed by atoms with Crippen molar-refractivity contribution in [1.82, 2.24) is 5.32 Å². The molecule has 0 radical (unpaired) electrons. The topological polar surface area (TPSA) is 39.7 Å². The molecule has 0 spiro atoms. The fourth-order valence-corrected chi connectivity index (χ4v) is 2.37. The van der Waals surface area contributed by atoms with Crippen molar-refractivity contribution in [3.63, 3.8) is 0 Å². The highest BCUT2D eigenvalue weighted by Gasteiger charge is 2.05. The molecule has 0 bridgehead atoms. The molecule has 0 aliphatic rings. The molecule has 0 aliphatic heterocycles. The van der Waals surface area contributed by atoms with Gasteiger partial charge in [-0.3, -0.25) is 0 Å². The molecular formula is C18H23NO3. The van der Waals surface area contributed by atoms with Crippen LogP contribution in [0.4, 0.5) is 0 Å². The lowest BCUT2D eigenvalue weighted by Gasteiger charge is -2.12. The molecule has 0 heterocycles. The summed E-state index contributed by atoms with van der Waals surface area (Å²) in [6.07, 6.45) is 0.871. The fraction of sp³-hybridized carbons (Fsp3) is 0.333. The minimum absolute atomic E-state index is 0.774. The SMILES string of the molecule is COc1ccc(OC)c(CCNCc2ccccc2OC)c1. The largest absolute Gasteiger partial charge is 0.497 e. The van der Waals surface area contributed by atoms with Crippen molar-refractivity contribution in [2.24, 2.45) is 0 Å². The third kappa shape index (κ3) is 4.15. The monoisotopic (exact) mass is 301 g/mol. The maximum absolute atomic E-state index is 5.39. The normalized spacial score (nSPS) is 10.3. The summed E-state index contributed by atoms with van der Waals surface area (Å²) >= 11 is 0. The Bertz CT molecular complexity index is 599. The third-order valence-corrected chi connectivity index (χ3v) is 3.57. The van der Waals surface area contributed by atoms with E-state index in [-0.39, 0.29) is 0 Å². The number of methoxy groups -OCH3 is 3. The maximum Gasteiger partial charge on any atom is 0.123 e. The summed E-state index contributed by atoms with van der Waals surface area (Å²) in [6.45, 7) is 1.62. The lowest BCUT2D eigenvalue weighted by Crippen LogP contribution is -2.17. The zero-order valence-electron chi connectivity index (χ0n) is 13.4. The van der Waals surface area contributed by atoms with Crippen LogP contribution in [-0.4, -0.2) is 27.9 Å². The van der Waals surface area contributed by atoms with Crippen molar-refractivity contribution >= 4 is 0 Å². The molecule has 0 aliphatic carbocycles. The van der Waals surface area contributed by atoms with Crippen LogP contribution in [0.3, 0.4) is 0 Å². The predicted molar refractivity (Wildman–Crippen MR) is 88.0 cm³/mol. The molecule has 22 heavy (non-hydrogen) atoms. The van der Waals surface area contributed by atoms with Gasteiger partial charge in [-0.15, -0.1) is 0 Å². The minimum Gasteiger partial charge on any atom is -0.497 e. The molecule has 2 aromatic rings. The Morgan fingerprint density at radius 3 is 2.27 bits per heavy atom. The summed E-state index contributed by atoms with van der Waals surface area (Å²) in [7, 11) is 5.05. The first-order valence-electron chi connectivity index (χ1n) is 7.32. The highest BCUT2D eigenvalue weighted by atomic mass is 16.5. The molecule has 118 valence electrons. The average Bonchev–Trinajstić information content (AvgIpc) is 2.58. The quantitative estimate of drug-likeness (QED) is 0.761. The van der Waals surface area contributed by atoms with Crippen LogP contribution in [0.15, 0.2) is 42.5 Å². The minimum atomic E-state index is 0.774. The van der Waals surface area contributed by atoms with Gasteiger partial charge >= 0.3 is 0 Å². The van der Waals surface area contributed by atoms with Gasteiger partial charge in [-0.25, -0.2) is 0 Å². The van der Waals surface area contributed by atoms with Gasteiger partial charge in [-0.2, -0.15) is 0 Å². The maximum atomic E-state index is 5.39. The van der Waals surface area contributed by atoms with Gasteiger partial charge in [0.15, 0.2) is 0 Å². The van der Waals surface area contributed by atoms with Crippen molar-refractivity contribution in [1.29, 1.82) is 0 Å². The molecule has 0 aromatic heterocycles. The van der Waals surface area contributed by atoms with Gasteiger partial charge in [0.25, 0.3) is 0 Å². The van der Waals surface area contributed by atoms with Gasteiger partial charge in [-0.05, 0) is 42.8 Å². The number of hydrogen-bond donors (Lipinski definition) is 1. The molecule has 4 heteroatoms. The Hall–Kier alpha value is -2.20. The Labute approximate surface area is 132 Å². The molecule has 0 amide bonds. The van der Waals surface area contributed by atoms with Crippen LogP contribution in [0.2, 0.25) is 0 Å². The summed E-state index contributed by atoms with van der Waals surface area (Å²) in [5, 5.41) is 3.44. The van der Waals surface area contributed by atoms with Crippen molar-refractivity contribution < 1.29 is 14.2 Å². The fourth-order valence-electron chi connectivity index (χ4n) is 2.37. The van der Waals surface area contributed by atoms with E-state index in [0.717, 1.165) is 47.9 Å². The Balaban J connectivity index is 1.91. The van der Waals surface area contributed by atoms with E-state index in [1.54, 1.807) is 21.3 Å². The molecule has 2 rings (SSSR count). The van der Waals surface area contributed by atoms with Gasteiger partial charge < -0.3 is 19.5 Å². The molecule has 0 fully saturated rings. The molecular weight excluding hydrogens is 278 g/mol. The standard InChI is InChI=1S/C18H23NO3/c1-20-16-8-9-18(22-3)14(12-16)10-11-19-13-15-6-4-5-7-17(15)21-2/h4-9,12,19H,10-11,13H2,1-3H3. The van der Waals surface area contributed by atoms with Crippen molar-refractivity contribution in [3.05, 3.63) is 53.6 Å². The van der Waals surface area contributed by atoms with Gasteiger partial charge in [0.2, 0.25) is 0 Å². The number of benzene rings is 2. The summed E-state index contributed by atoms with van der Waals surface area (Å²) in [5.41, 5.74) is 2.29. The Morgan fingerprint density at radius 2 is 1.55 bits per heavy atom. The third-order valence-electron chi connectivity index (χ3n) is 3.57. The van der Waals surface area contributed by atoms with Gasteiger partial charge in [0.05, 0.1) is 21.3 Å². The van der Waals surface area contributed by atoms with Crippen LogP contribution in [-0.2, 0) is 13.0 Å². The van der Waals surface area contributed by atoms with Crippen LogP contribution in [0.25, 0.3) is 0 Å². The molecule has 0 saturated heterocycles. The average molecular weight is 301 g/mol. The molecule has 4 nitrogen and oxygen atoms in total. The lowest BCUT2D eigenvalue weighted by atomic mass is 10.1. The lowest BCUT2D eigenvalue weighted by molar-refractivity contribution is 0.398. The predicted octanol–water partition coefficient (Wildman–Crippen LogP) is 3.04. The zero-order valence-corrected chi connectivity index (χ0v) is 13.4. The zero-order chi connectivity index (χ0) is 15.8. The van der Waals surface area contributed by atoms with E-state index in [1.807, 2.05) is 36.4 Å². The summed E-state index contributed by atoms with van der Waals surface area (Å²) in [4.78, 5) is 0. The molecule has 0 unspecified atom stereocenters. The molecule has 0 saturated carbocycles. The second-order valence-corrected chi connectivity index (χ2v) is 4.92. The number of hydrogen-bond acceptors (Lipinski definition) is 4. The Kier molecular flexibility index (Phi) is 6.10. The van der Waals surface area contributed by atoms with Crippen molar-refractivity contribution in [2.45, 2.75) is 13.0 Å².